The van der Waals surface area contributed by atoms with Gasteiger partial charge in [0.1, 0.15) is 28.2 Å². The van der Waals surface area contributed by atoms with E-state index in [2.05, 4.69) is 39.8 Å². The molecule has 2 aliphatic rings. The average Bonchev–Trinajstić information content (AvgIpc) is 2.88. The van der Waals surface area contributed by atoms with Crippen LogP contribution in [-0.4, -0.2) is 52.4 Å². The summed E-state index contributed by atoms with van der Waals surface area (Å²) in [4.78, 5) is 24.9. The Balaban J connectivity index is 0.000000240. The predicted molar refractivity (Wildman–Crippen MR) is 177 cm³/mol. The van der Waals surface area contributed by atoms with Gasteiger partial charge in [0.2, 0.25) is 5.91 Å². The number of β-amino-alcohol motifs (C(OH)–C–C–N with tert-alkyl or cyclic N) is 1. The fourth-order valence-electron chi connectivity index (χ4n) is 6.13. The number of carbonyl (C=O) groups excluding carboxylic acids is 1. The summed E-state index contributed by atoms with van der Waals surface area (Å²) in [6, 6.07) is 2.45. The van der Waals surface area contributed by atoms with Gasteiger partial charge in [-0.05, 0) is 83.5 Å². The van der Waals surface area contributed by atoms with E-state index in [1.807, 2.05) is 37.1 Å². The highest BCUT2D eigenvalue weighted by Crippen LogP contribution is 2.42. The summed E-state index contributed by atoms with van der Waals surface area (Å²) in [6.07, 6.45) is 15.4. The van der Waals surface area contributed by atoms with Crippen LogP contribution < -0.4 is 11.2 Å². The smallest absolute Gasteiger partial charge is 0.241 e. The normalized spacial score (nSPS) is 21.6. The third kappa shape index (κ3) is 8.83. The van der Waals surface area contributed by atoms with Crippen molar-refractivity contribution in [1.29, 1.82) is 0 Å². The van der Waals surface area contributed by atoms with Gasteiger partial charge in [-0.2, -0.15) is 0 Å². The van der Waals surface area contributed by atoms with Gasteiger partial charge in [-0.15, -0.1) is 0 Å². The Labute approximate surface area is 260 Å². The van der Waals surface area contributed by atoms with Crippen molar-refractivity contribution >= 4 is 16.9 Å². The van der Waals surface area contributed by atoms with Crippen molar-refractivity contribution in [3.63, 3.8) is 0 Å². The van der Waals surface area contributed by atoms with Crippen LogP contribution in [0.1, 0.15) is 77.5 Å². The van der Waals surface area contributed by atoms with Gasteiger partial charge in [-0.25, -0.2) is 0 Å². The molecule has 0 radical (unpaired) electrons. The van der Waals surface area contributed by atoms with E-state index in [9.17, 15) is 24.9 Å². The standard InChI is InChI=1S/C20H29NO.C16H19NO5/c1-15(8-6-9-16(2)14-19(21)22)11-12-18-17(3)10-7-13-20(18,4)5;1-8-5-10(18)15-12(20)6-11(19)14(16(15)22-8)9-3-4-17(2)7-13(9)21/h6,8-9,11-12,14H,7,10,13H2,1-5H3,(H2,21,22);5-6,9,13,19-21H,3-4,7H2,1-2H3/b9-6+,12-11+,15-8+,16-14+;/t;9-,13+/m.0/s1. The Morgan fingerprint density at radius 3 is 2.45 bits per heavy atom. The van der Waals surface area contributed by atoms with E-state index in [0.717, 1.165) is 18.2 Å². The molecule has 1 saturated heterocycles. The SMILES string of the molecule is CC1=C(/C=C/C(C)=C/C=C/C(C)=C/C(N)=O)C(C)(C)CCC1.Cc1cc(=O)c2c(O)cc(O)c([C@H]3CCN(C)C[C@H]3O)c2o1. The Bertz CT molecular complexity index is 1590. The third-order valence-corrected chi connectivity index (χ3v) is 8.42. The summed E-state index contributed by atoms with van der Waals surface area (Å²) in [5.41, 5.74) is 10.6. The summed E-state index contributed by atoms with van der Waals surface area (Å²) in [7, 11) is 1.92. The van der Waals surface area contributed by atoms with Crippen molar-refractivity contribution < 1.29 is 24.5 Å². The molecule has 2 heterocycles. The van der Waals surface area contributed by atoms with Gasteiger partial charge in [-0.3, -0.25) is 9.59 Å². The molecule has 0 unspecified atom stereocenters. The second-order valence-electron chi connectivity index (χ2n) is 12.8. The fraction of sp³-hybridized carbons (Fsp3) is 0.444. The monoisotopic (exact) mass is 604 g/mol. The quantitative estimate of drug-likeness (QED) is 0.224. The first kappa shape index (κ1) is 34.6. The number of fused-ring (bicyclic) bond motifs is 1. The lowest BCUT2D eigenvalue weighted by molar-refractivity contribution is -0.113. The lowest BCUT2D eigenvalue weighted by Gasteiger charge is -2.34. The number of nitrogens with two attached hydrogens (primary N) is 1. The van der Waals surface area contributed by atoms with Crippen LogP contribution in [0.3, 0.4) is 0 Å². The number of hydrogen-bond acceptors (Lipinski definition) is 7. The summed E-state index contributed by atoms with van der Waals surface area (Å²) in [5.74, 6) is -0.833. The number of aliphatic hydroxyl groups excluding tert-OH is 1. The first-order valence-electron chi connectivity index (χ1n) is 15.2. The van der Waals surface area contributed by atoms with Crippen LogP contribution in [0, 0.1) is 12.3 Å². The number of allylic oxidation sites excluding steroid dienone is 9. The fourth-order valence-corrected chi connectivity index (χ4v) is 6.13. The molecule has 8 heteroatoms. The van der Waals surface area contributed by atoms with Gasteiger partial charge in [0.05, 0.1) is 6.10 Å². The number of amides is 1. The zero-order chi connectivity index (χ0) is 32.8. The molecule has 1 aromatic carbocycles. The number of carbonyl (C=O) groups is 1. The number of piperidine rings is 1. The number of primary amides is 1. The molecule has 1 fully saturated rings. The number of benzene rings is 1. The van der Waals surface area contributed by atoms with E-state index in [0.29, 0.717) is 24.3 Å². The van der Waals surface area contributed by atoms with Crippen LogP contribution in [0.5, 0.6) is 11.5 Å². The highest BCUT2D eigenvalue weighted by Gasteiger charge is 2.33. The Kier molecular flexibility index (Phi) is 11.6. The second-order valence-corrected chi connectivity index (χ2v) is 12.8. The van der Waals surface area contributed by atoms with Gasteiger partial charge in [-0.1, -0.05) is 55.4 Å². The number of phenolic OH excluding ortho intramolecular Hbond substituents is 2. The number of nitrogens with zero attached hydrogens (tertiary/aromatic N) is 1. The molecular weight excluding hydrogens is 556 g/mol. The molecule has 0 bridgehead atoms. The average molecular weight is 605 g/mol. The van der Waals surface area contributed by atoms with Crippen molar-refractivity contribution in [2.24, 2.45) is 11.1 Å². The van der Waals surface area contributed by atoms with Crippen LogP contribution in [0.2, 0.25) is 0 Å². The Morgan fingerprint density at radius 2 is 1.82 bits per heavy atom. The minimum atomic E-state index is -0.678. The topological polar surface area (TPSA) is 137 Å². The lowest BCUT2D eigenvalue weighted by atomic mass is 9.72. The number of phenols is 2. The molecule has 8 nitrogen and oxygen atoms in total. The number of likely N-dealkylation sites (N-methyl/N-ethyl adjacent to an activating group) is 1. The maximum absolute atomic E-state index is 12.1. The summed E-state index contributed by atoms with van der Waals surface area (Å²) in [5, 5.41) is 30.6. The molecule has 2 atom stereocenters. The zero-order valence-electron chi connectivity index (χ0n) is 27.1. The second kappa shape index (κ2) is 14.7. The number of aromatic hydroxyl groups is 2. The molecule has 1 aliphatic carbocycles. The van der Waals surface area contributed by atoms with Gasteiger partial charge in [0.15, 0.2) is 5.43 Å². The van der Waals surface area contributed by atoms with Crippen molar-refractivity contribution in [3.8, 4) is 11.5 Å². The van der Waals surface area contributed by atoms with Crippen LogP contribution >= 0.6 is 0 Å². The van der Waals surface area contributed by atoms with Crippen LogP contribution in [0.25, 0.3) is 11.0 Å². The Hall–Kier alpha value is -3.88. The molecule has 1 amide bonds. The summed E-state index contributed by atoms with van der Waals surface area (Å²) >= 11 is 0. The van der Waals surface area contributed by atoms with E-state index in [4.69, 9.17) is 10.2 Å². The molecule has 238 valence electrons. The minimum Gasteiger partial charge on any atom is -0.507 e. The highest BCUT2D eigenvalue weighted by atomic mass is 16.3. The largest absolute Gasteiger partial charge is 0.507 e. The van der Waals surface area contributed by atoms with Crippen LogP contribution in [-0.2, 0) is 4.79 Å². The van der Waals surface area contributed by atoms with Gasteiger partial charge in [0, 0.05) is 36.2 Å². The van der Waals surface area contributed by atoms with Gasteiger partial charge < -0.3 is 30.4 Å². The minimum absolute atomic E-state index is 0.0459. The van der Waals surface area contributed by atoms with E-state index in [-0.39, 0.29) is 39.2 Å². The molecule has 4 rings (SSSR count). The summed E-state index contributed by atoms with van der Waals surface area (Å²) < 4.78 is 5.62. The summed E-state index contributed by atoms with van der Waals surface area (Å²) in [6.45, 7) is 13.7. The number of aliphatic hydroxyl groups is 1. The van der Waals surface area contributed by atoms with E-state index < -0.39 is 12.0 Å². The van der Waals surface area contributed by atoms with Crippen molar-refractivity contribution in [2.45, 2.75) is 79.2 Å². The predicted octanol–water partition coefficient (Wildman–Crippen LogP) is 6.30. The lowest BCUT2D eigenvalue weighted by Crippen LogP contribution is -2.40. The molecule has 1 aliphatic heterocycles. The van der Waals surface area contributed by atoms with E-state index in [1.54, 1.807) is 6.92 Å². The highest BCUT2D eigenvalue weighted by molar-refractivity contribution is 5.88. The van der Waals surface area contributed by atoms with Crippen molar-refractivity contribution in [2.75, 3.05) is 20.1 Å². The maximum Gasteiger partial charge on any atom is 0.241 e. The van der Waals surface area contributed by atoms with Crippen molar-refractivity contribution in [1.82, 2.24) is 4.90 Å². The maximum atomic E-state index is 12.1. The number of aryl methyl sites for hydroxylation is 1. The molecule has 0 saturated carbocycles. The van der Waals surface area contributed by atoms with Crippen LogP contribution in [0.4, 0.5) is 0 Å². The van der Waals surface area contributed by atoms with Crippen LogP contribution in [0.15, 0.2) is 80.1 Å². The number of rotatable bonds is 6. The molecule has 0 spiro atoms. The van der Waals surface area contributed by atoms with E-state index >= 15 is 0 Å². The molecule has 44 heavy (non-hydrogen) atoms. The van der Waals surface area contributed by atoms with Gasteiger partial charge >= 0.3 is 0 Å². The molecule has 1 aromatic heterocycles. The third-order valence-electron chi connectivity index (χ3n) is 8.42. The zero-order valence-corrected chi connectivity index (χ0v) is 27.1. The van der Waals surface area contributed by atoms with E-state index in [1.165, 1.54) is 48.1 Å². The molecule has 2 aromatic rings. The first-order valence-corrected chi connectivity index (χ1v) is 15.2. The van der Waals surface area contributed by atoms with Crippen molar-refractivity contribution in [3.05, 3.63) is 92.4 Å². The Morgan fingerprint density at radius 1 is 1.11 bits per heavy atom. The molecular formula is C36H48N2O6. The molecule has 5 N–H and O–H groups in total. The number of hydrogen-bond donors (Lipinski definition) is 4. The number of likely N-dealkylation sites (tertiary alicyclic amines) is 1. The first-order chi connectivity index (χ1) is 20.6. The van der Waals surface area contributed by atoms with Gasteiger partial charge in [0.25, 0.3) is 0 Å².